The van der Waals surface area contributed by atoms with Gasteiger partial charge in [-0.2, -0.15) is 0 Å². The van der Waals surface area contributed by atoms with Crippen LogP contribution in [0.4, 0.5) is 11.5 Å². The van der Waals surface area contributed by atoms with E-state index in [0.717, 1.165) is 11.3 Å². The molecule has 0 atom stereocenters. The highest BCUT2D eigenvalue weighted by molar-refractivity contribution is 5.92. The van der Waals surface area contributed by atoms with E-state index in [1.165, 1.54) is 0 Å². The fraction of sp³-hybridized carbons (Fsp3) is 0.211. The van der Waals surface area contributed by atoms with E-state index in [9.17, 15) is 0 Å². The van der Waals surface area contributed by atoms with E-state index < -0.39 is 0 Å². The SMILES string of the molecule is [C-]#[N+]c1c(N)nc(-c2ccco2)c(-c2ccc(C)nc2)c1OC(C)C. The first-order chi connectivity index (χ1) is 12.0. The third kappa shape index (κ3) is 3.17. The summed E-state index contributed by atoms with van der Waals surface area (Å²) >= 11 is 0. The number of ether oxygens (including phenoxy) is 1. The monoisotopic (exact) mass is 334 g/mol. The molecule has 0 fully saturated rings. The molecule has 0 aromatic carbocycles. The summed E-state index contributed by atoms with van der Waals surface area (Å²) in [5.74, 6) is 1.06. The first-order valence-electron chi connectivity index (χ1n) is 7.85. The lowest BCUT2D eigenvalue weighted by molar-refractivity contribution is 0.245. The number of aromatic nitrogens is 2. The Morgan fingerprint density at radius 3 is 2.64 bits per heavy atom. The van der Waals surface area contributed by atoms with Crippen molar-refractivity contribution in [3.8, 4) is 28.3 Å². The van der Waals surface area contributed by atoms with Gasteiger partial charge in [-0.15, -0.1) is 0 Å². The molecule has 0 spiro atoms. The average molecular weight is 334 g/mol. The molecule has 3 aromatic rings. The lowest BCUT2D eigenvalue weighted by atomic mass is 10.0. The zero-order valence-corrected chi connectivity index (χ0v) is 14.3. The van der Waals surface area contributed by atoms with Crippen molar-refractivity contribution in [2.75, 3.05) is 5.73 Å². The molecule has 2 N–H and O–H groups in total. The lowest BCUT2D eigenvalue weighted by Crippen LogP contribution is -2.09. The van der Waals surface area contributed by atoms with E-state index in [4.69, 9.17) is 21.5 Å². The van der Waals surface area contributed by atoms with Crippen LogP contribution in [0, 0.1) is 13.5 Å². The van der Waals surface area contributed by atoms with E-state index >= 15 is 0 Å². The molecule has 3 aromatic heterocycles. The van der Waals surface area contributed by atoms with Crippen molar-refractivity contribution < 1.29 is 9.15 Å². The maximum absolute atomic E-state index is 7.49. The Balaban J connectivity index is 2.38. The fourth-order valence-corrected chi connectivity index (χ4v) is 2.51. The minimum absolute atomic E-state index is 0.112. The van der Waals surface area contributed by atoms with Crippen molar-refractivity contribution in [3.05, 3.63) is 53.8 Å². The van der Waals surface area contributed by atoms with Crippen molar-refractivity contribution >= 4 is 11.5 Å². The summed E-state index contributed by atoms with van der Waals surface area (Å²) in [5.41, 5.74) is 9.07. The summed E-state index contributed by atoms with van der Waals surface area (Å²) < 4.78 is 11.5. The molecular formula is C19H18N4O2. The van der Waals surface area contributed by atoms with E-state index in [1.807, 2.05) is 32.9 Å². The van der Waals surface area contributed by atoms with Crippen LogP contribution in [0.2, 0.25) is 0 Å². The molecule has 25 heavy (non-hydrogen) atoms. The summed E-state index contributed by atoms with van der Waals surface area (Å²) in [6.45, 7) is 13.2. The predicted octanol–water partition coefficient (Wildman–Crippen LogP) is 4.63. The van der Waals surface area contributed by atoms with Gasteiger partial charge in [0.05, 0.1) is 18.9 Å². The lowest BCUT2D eigenvalue weighted by Gasteiger charge is -2.19. The second-order valence-corrected chi connectivity index (χ2v) is 5.84. The Bertz CT molecular complexity index is 924. The molecule has 0 saturated heterocycles. The molecular weight excluding hydrogens is 316 g/mol. The van der Waals surface area contributed by atoms with Gasteiger partial charge in [0, 0.05) is 23.0 Å². The number of anilines is 1. The number of nitrogens with zero attached hydrogens (tertiary/aromatic N) is 3. The van der Waals surface area contributed by atoms with Crippen LogP contribution in [0.5, 0.6) is 5.75 Å². The third-order valence-corrected chi connectivity index (χ3v) is 3.57. The molecule has 0 saturated carbocycles. The molecule has 0 aliphatic rings. The van der Waals surface area contributed by atoms with Crippen LogP contribution in [0.15, 0.2) is 41.1 Å². The molecule has 0 bridgehead atoms. The number of rotatable bonds is 4. The van der Waals surface area contributed by atoms with Gasteiger partial charge in [-0.3, -0.25) is 4.98 Å². The Labute approximate surface area is 146 Å². The summed E-state index contributed by atoms with van der Waals surface area (Å²) in [6, 6.07) is 7.39. The van der Waals surface area contributed by atoms with Crippen molar-refractivity contribution in [1.29, 1.82) is 0 Å². The maximum atomic E-state index is 7.49. The van der Waals surface area contributed by atoms with Gasteiger partial charge < -0.3 is 14.9 Å². The fourth-order valence-electron chi connectivity index (χ4n) is 2.51. The summed E-state index contributed by atoms with van der Waals surface area (Å²) in [6.07, 6.45) is 3.16. The van der Waals surface area contributed by atoms with Crippen LogP contribution in [-0.2, 0) is 0 Å². The number of hydrogen-bond acceptors (Lipinski definition) is 5. The van der Waals surface area contributed by atoms with E-state index in [2.05, 4.69) is 14.8 Å². The van der Waals surface area contributed by atoms with Crippen molar-refractivity contribution in [3.63, 3.8) is 0 Å². The number of hydrogen-bond donors (Lipinski definition) is 1. The highest BCUT2D eigenvalue weighted by atomic mass is 16.5. The molecule has 0 radical (unpaired) electrons. The average Bonchev–Trinajstić information content (AvgIpc) is 3.10. The van der Waals surface area contributed by atoms with Gasteiger partial charge in [-0.25, -0.2) is 9.83 Å². The van der Waals surface area contributed by atoms with E-state index in [-0.39, 0.29) is 17.6 Å². The first kappa shape index (κ1) is 16.5. The topological polar surface area (TPSA) is 78.5 Å². The highest BCUT2D eigenvalue weighted by Gasteiger charge is 2.24. The van der Waals surface area contributed by atoms with Gasteiger partial charge in [0.15, 0.2) is 5.76 Å². The molecule has 0 aliphatic carbocycles. The van der Waals surface area contributed by atoms with Gasteiger partial charge in [0.1, 0.15) is 17.3 Å². The number of aryl methyl sites for hydroxylation is 1. The first-order valence-corrected chi connectivity index (χ1v) is 7.85. The largest absolute Gasteiger partial charge is 0.501 e. The molecule has 0 amide bonds. The van der Waals surface area contributed by atoms with Crippen LogP contribution >= 0.6 is 0 Å². The van der Waals surface area contributed by atoms with Gasteiger partial charge in [-0.1, -0.05) is 6.07 Å². The Morgan fingerprint density at radius 1 is 1.28 bits per heavy atom. The number of nitrogens with two attached hydrogens (primary N) is 1. The molecule has 6 heteroatoms. The minimum atomic E-state index is -0.135. The second kappa shape index (κ2) is 6.65. The molecule has 126 valence electrons. The normalized spacial score (nSPS) is 10.7. The third-order valence-electron chi connectivity index (χ3n) is 3.57. The standard InChI is InChI=1S/C19H18N4O2/c1-11(2)25-18-15(13-8-7-12(3)22-10-13)16(14-6-5-9-24-14)23-19(20)17(18)21-4/h5-11H,1-3H3,(H2,20,23). The molecule has 6 nitrogen and oxygen atoms in total. The zero-order chi connectivity index (χ0) is 18.0. The van der Waals surface area contributed by atoms with Crippen molar-refractivity contribution in [2.45, 2.75) is 26.9 Å². The molecule has 3 heterocycles. The smallest absolute Gasteiger partial charge is 0.269 e. The maximum Gasteiger partial charge on any atom is 0.269 e. The second-order valence-electron chi connectivity index (χ2n) is 5.84. The van der Waals surface area contributed by atoms with Crippen molar-refractivity contribution in [1.82, 2.24) is 9.97 Å². The van der Waals surface area contributed by atoms with Gasteiger partial charge in [0.25, 0.3) is 5.69 Å². The van der Waals surface area contributed by atoms with Crippen LogP contribution in [0.3, 0.4) is 0 Å². The zero-order valence-electron chi connectivity index (χ0n) is 14.3. The molecule has 0 aliphatic heterocycles. The van der Waals surface area contributed by atoms with Crippen LogP contribution < -0.4 is 10.5 Å². The summed E-state index contributed by atoms with van der Waals surface area (Å²) in [7, 11) is 0. The number of furan rings is 1. The Morgan fingerprint density at radius 2 is 2.08 bits per heavy atom. The predicted molar refractivity (Wildman–Crippen MR) is 96.3 cm³/mol. The molecule has 0 unspecified atom stereocenters. The molecule has 3 rings (SSSR count). The van der Waals surface area contributed by atoms with E-state index in [1.54, 1.807) is 24.6 Å². The highest BCUT2D eigenvalue weighted by Crippen LogP contribution is 2.46. The summed E-state index contributed by atoms with van der Waals surface area (Å²) in [5, 5.41) is 0. The van der Waals surface area contributed by atoms with Crippen LogP contribution in [-0.4, -0.2) is 16.1 Å². The van der Waals surface area contributed by atoms with Gasteiger partial charge in [0.2, 0.25) is 0 Å². The van der Waals surface area contributed by atoms with Gasteiger partial charge >= 0.3 is 0 Å². The Hall–Kier alpha value is -3.33. The quantitative estimate of drug-likeness (QED) is 0.704. The van der Waals surface area contributed by atoms with Crippen LogP contribution in [0.25, 0.3) is 27.4 Å². The van der Waals surface area contributed by atoms with Crippen LogP contribution in [0.1, 0.15) is 19.5 Å². The Kier molecular flexibility index (Phi) is 4.40. The summed E-state index contributed by atoms with van der Waals surface area (Å²) in [4.78, 5) is 12.3. The van der Waals surface area contributed by atoms with Gasteiger partial charge in [-0.05, 0) is 39.0 Å². The number of nitrogen functional groups attached to an aromatic ring is 1. The minimum Gasteiger partial charge on any atom is -0.501 e. The number of pyridine rings is 2. The van der Waals surface area contributed by atoms with Crippen molar-refractivity contribution in [2.24, 2.45) is 0 Å². The van der Waals surface area contributed by atoms with E-state index in [0.29, 0.717) is 22.8 Å².